The molecule has 1 aliphatic heterocycles. The number of rotatable bonds is 6. The number of imidazole rings is 1. The van der Waals surface area contributed by atoms with Crippen LogP contribution in [0.4, 0.5) is 0 Å². The van der Waals surface area contributed by atoms with E-state index in [4.69, 9.17) is 4.74 Å². The van der Waals surface area contributed by atoms with Crippen molar-refractivity contribution in [2.75, 3.05) is 19.4 Å². The van der Waals surface area contributed by atoms with E-state index in [1.165, 1.54) is 0 Å². The molecule has 1 aromatic carbocycles. The van der Waals surface area contributed by atoms with E-state index in [9.17, 15) is 4.79 Å². The quantitative estimate of drug-likeness (QED) is 0.821. The molecule has 116 valence electrons. The number of amides is 1. The fourth-order valence-electron chi connectivity index (χ4n) is 2.58. The molecule has 1 amide bonds. The highest BCUT2D eigenvalue weighted by molar-refractivity contribution is 8.00. The Morgan fingerprint density at radius 3 is 2.82 bits per heavy atom. The lowest BCUT2D eigenvalue weighted by Crippen LogP contribution is -2.29. The van der Waals surface area contributed by atoms with Crippen molar-refractivity contribution in [2.45, 2.75) is 18.3 Å². The number of carbonyl (C=O) groups is 1. The van der Waals surface area contributed by atoms with Gasteiger partial charge in [-0.3, -0.25) is 4.79 Å². The Morgan fingerprint density at radius 1 is 1.32 bits per heavy atom. The molecule has 2 aromatic rings. The molecule has 5 nitrogen and oxygen atoms in total. The molecule has 1 atom stereocenters. The van der Waals surface area contributed by atoms with Gasteiger partial charge in [-0.05, 0) is 24.1 Å². The summed E-state index contributed by atoms with van der Waals surface area (Å²) in [6.07, 6.45) is 6.45. The number of aromatic nitrogens is 2. The number of thioether (sulfide) groups is 1. The molecule has 3 rings (SSSR count). The van der Waals surface area contributed by atoms with E-state index in [0.29, 0.717) is 5.75 Å². The van der Waals surface area contributed by atoms with Crippen molar-refractivity contribution in [3.05, 3.63) is 48.5 Å². The molecule has 22 heavy (non-hydrogen) atoms. The largest absolute Gasteiger partial charge is 0.497 e. The molecule has 1 unspecified atom stereocenters. The molecule has 0 N–H and O–H groups in total. The second kappa shape index (κ2) is 6.87. The first-order chi connectivity index (χ1) is 10.8. The highest BCUT2D eigenvalue weighted by Gasteiger charge is 2.32. The van der Waals surface area contributed by atoms with E-state index >= 15 is 0 Å². The van der Waals surface area contributed by atoms with Crippen molar-refractivity contribution in [3.8, 4) is 5.75 Å². The van der Waals surface area contributed by atoms with Crippen LogP contribution in [0.25, 0.3) is 0 Å². The van der Waals surface area contributed by atoms with E-state index in [0.717, 1.165) is 30.8 Å². The number of nitrogens with zero attached hydrogens (tertiary/aromatic N) is 3. The van der Waals surface area contributed by atoms with Crippen molar-refractivity contribution in [1.29, 1.82) is 0 Å². The van der Waals surface area contributed by atoms with Crippen LogP contribution < -0.4 is 4.74 Å². The number of aryl methyl sites for hydroxylation is 1. The van der Waals surface area contributed by atoms with Gasteiger partial charge in [-0.2, -0.15) is 0 Å². The minimum absolute atomic E-state index is 0.112. The molecule has 1 aromatic heterocycles. The lowest BCUT2D eigenvalue weighted by atomic mass is 10.2. The van der Waals surface area contributed by atoms with Gasteiger partial charge in [0, 0.05) is 25.5 Å². The SMILES string of the molecule is COc1ccc(C2SCC(=O)N2CCCn2ccnc2)cc1. The minimum Gasteiger partial charge on any atom is -0.497 e. The van der Waals surface area contributed by atoms with E-state index in [-0.39, 0.29) is 11.3 Å². The molecule has 6 heteroatoms. The smallest absolute Gasteiger partial charge is 0.233 e. The van der Waals surface area contributed by atoms with Crippen molar-refractivity contribution in [1.82, 2.24) is 14.5 Å². The molecular formula is C16H19N3O2S. The Hall–Kier alpha value is -1.95. The van der Waals surface area contributed by atoms with Gasteiger partial charge < -0.3 is 14.2 Å². The summed E-state index contributed by atoms with van der Waals surface area (Å²) in [7, 11) is 1.66. The third-order valence-electron chi connectivity index (χ3n) is 3.74. The monoisotopic (exact) mass is 317 g/mol. The molecule has 0 radical (unpaired) electrons. The van der Waals surface area contributed by atoms with Crippen molar-refractivity contribution >= 4 is 17.7 Å². The first-order valence-electron chi connectivity index (χ1n) is 7.28. The lowest BCUT2D eigenvalue weighted by molar-refractivity contribution is -0.128. The topological polar surface area (TPSA) is 47.4 Å². The molecule has 1 aliphatic rings. The Morgan fingerprint density at radius 2 is 2.14 bits per heavy atom. The molecule has 0 bridgehead atoms. The summed E-state index contributed by atoms with van der Waals surface area (Å²) in [5.74, 6) is 1.61. The van der Waals surface area contributed by atoms with Gasteiger partial charge >= 0.3 is 0 Å². The third kappa shape index (κ3) is 3.27. The highest BCUT2D eigenvalue weighted by Crippen LogP contribution is 2.39. The maximum absolute atomic E-state index is 12.1. The molecule has 2 heterocycles. The second-order valence-electron chi connectivity index (χ2n) is 5.18. The maximum Gasteiger partial charge on any atom is 0.233 e. The van der Waals surface area contributed by atoms with Gasteiger partial charge in [0.25, 0.3) is 0 Å². The van der Waals surface area contributed by atoms with Gasteiger partial charge in [0.15, 0.2) is 0 Å². The Balaban J connectivity index is 1.63. The highest BCUT2D eigenvalue weighted by atomic mass is 32.2. The Kier molecular flexibility index (Phi) is 4.68. The summed E-state index contributed by atoms with van der Waals surface area (Å²) in [6, 6.07) is 7.97. The van der Waals surface area contributed by atoms with Crippen LogP contribution in [-0.2, 0) is 11.3 Å². The van der Waals surface area contributed by atoms with Crippen LogP contribution >= 0.6 is 11.8 Å². The standard InChI is InChI=1S/C16H19N3O2S/c1-21-14-5-3-13(4-6-14)16-19(15(20)11-22-16)9-2-8-18-10-7-17-12-18/h3-7,10,12,16H,2,8-9,11H2,1H3. The number of benzene rings is 1. The van der Waals surface area contributed by atoms with Crippen LogP contribution in [0.2, 0.25) is 0 Å². The molecule has 0 aliphatic carbocycles. The fourth-order valence-corrected chi connectivity index (χ4v) is 3.80. The van der Waals surface area contributed by atoms with Gasteiger partial charge in [-0.15, -0.1) is 11.8 Å². The van der Waals surface area contributed by atoms with Gasteiger partial charge in [0.2, 0.25) is 5.91 Å². The number of methoxy groups -OCH3 is 1. The Bertz CT molecular complexity index is 613. The molecule has 0 saturated carbocycles. The summed E-state index contributed by atoms with van der Waals surface area (Å²) in [6.45, 7) is 1.64. The van der Waals surface area contributed by atoms with Crippen LogP contribution in [0.5, 0.6) is 5.75 Å². The van der Waals surface area contributed by atoms with Crippen molar-refractivity contribution < 1.29 is 9.53 Å². The van der Waals surface area contributed by atoms with E-state index < -0.39 is 0 Å². The average molecular weight is 317 g/mol. The first kappa shape index (κ1) is 15.0. The van der Waals surface area contributed by atoms with E-state index in [1.54, 1.807) is 25.1 Å². The number of carbonyl (C=O) groups excluding carboxylic acids is 1. The fraction of sp³-hybridized carbons (Fsp3) is 0.375. The minimum atomic E-state index is 0.112. The van der Waals surface area contributed by atoms with Crippen molar-refractivity contribution in [2.24, 2.45) is 0 Å². The van der Waals surface area contributed by atoms with Gasteiger partial charge in [0.05, 0.1) is 19.2 Å². The zero-order valence-corrected chi connectivity index (χ0v) is 13.3. The number of hydrogen-bond donors (Lipinski definition) is 0. The van der Waals surface area contributed by atoms with Gasteiger partial charge in [0.1, 0.15) is 11.1 Å². The normalized spacial score (nSPS) is 18.0. The van der Waals surface area contributed by atoms with Crippen LogP contribution in [-0.4, -0.2) is 39.8 Å². The summed E-state index contributed by atoms with van der Waals surface area (Å²) in [4.78, 5) is 18.1. The van der Waals surface area contributed by atoms with Crippen molar-refractivity contribution in [3.63, 3.8) is 0 Å². The number of hydrogen-bond acceptors (Lipinski definition) is 4. The van der Waals surface area contributed by atoms with E-state index in [1.807, 2.05) is 46.3 Å². The molecule has 1 saturated heterocycles. The van der Waals surface area contributed by atoms with Crippen LogP contribution in [0.3, 0.4) is 0 Å². The Labute approximate surface area is 134 Å². The van der Waals surface area contributed by atoms with Gasteiger partial charge in [-0.25, -0.2) is 4.98 Å². The van der Waals surface area contributed by atoms with Crippen LogP contribution in [0, 0.1) is 0 Å². The second-order valence-corrected chi connectivity index (χ2v) is 6.25. The van der Waals surface area contributed by atoms with Crippen LogP contribution in [0.15, 0.2) is 43.0 Å². The maximum atomic E-state index is 12.1. The average Bonchev–Trinajstić information content (AvgIpc) is 3.18. The third-order valence-corrected chi connectivity index (χ3v) is 5.00. The summed E-state index contributed by atoms with van der Waals surface area (Å²) in [5, 5.41) is 0.112. The first-order valence-corrected chi connectivity index (χ1v) is 8.33. The van der Waals surface area contributed by atoms with Crippen LogP contribution in [0.1, 0.15) is 17.4 Å². The summed E-state index contributed by atoms with van der Waals surface area (Å²) >= 11 is 1.69. The van der Waals surface area contributed by atoms with Gasteiger partial charge in [-0.1, -0.05) is 12.1 Å². The molecular weight excluding hydrogens is 298 g/mol. The lowest BCUT2D eigenvalue weighted by Gasteiger charge is -2.24. The zero-order chi connectivity index (χ0) is 15.4. The predicted molar refractivity (Wildman–Crippen MR) is 86.8 cm³/mol. The molecule has 1 fully saturated rings. The zero-order valence-electron chi connectivity index (χ0n) is 12.5. The van der Waals surface area contributed by atoms with E-state index in [2.05, 4.69) is 4.98 Å². The summed E-state index contributed by atoms with van der Waals surface area (Å²) < 4.78 is 7.23. The predicted octanol–water partition coefficient (Wildman–Crippen LogP) is 2.56. The summed E-state index contributed by atoms with van der Waals surface area (Å²) in [5.41, 5.74) is 1.15. The molecule has 0 spiro atoms. The number of ether oxygens (including phenoxy) is 1.